The van der Waals surface area contributed by atoms with Crippen LogP contribution in [0.2, 0.25) is 0 Å². The summed E-state index contributed by atoms with van der Waals surface area (Å²) in [6.45, 7) is 2.44. The molecule has 0 spiro atoms. The van der Waals surface area contributed by atoms with Gasteiger partial charge in [-0.3, -0.25) is 4.79 Å². The summed E-state index contributed by atoms with van der Waals surface area (Å²) in [7, 11) is 0. The van der Waals surface area contributed by atoms with Gasteiger partial charge in [-0.15, -0.1) is 22.9 Å². The highest BCUT2D eigenvalue weighted by Gasteiger charge is 2.01. The predicted molar refractivity (Wildman–Crippen MR) is 54.0 cm³/mol. The Balaban J connectivity index is 2.30. The van der Waals surface area contributed by atoms with Crippen molar-refractivity contribution in [2.45, 2.75) is 19.9 Å². The van der Waals surface area contributed by atoms with Crippen LogP contribution in [0.1, 0.15) is 17.1 Å². The number of hydrogen-bond acceptors (Lipinski definition) is 3. The second-order valence-corrected chi connectivity index (χ2v) is 3.92. The lowest BCUT2D eigenvalue weighted by molar-refractivity contribution is -0.120. The first-order valence-electron chi connectivity index (χ1n) is 3.96. The van der Waals surface area contributed by atoms with E-state index < -0.39 is 0 Å². The van der Waals surface area contributed by atoms with Gasteiger partial charge in [0.25, 0.3) is 0 Å². The number of nitrogens with zero attached hydrogens (tertiary/aromatic N) is 1. The quantitative estimate of drug-likeness (QED) is 0.782. The zero-order valence-corrected chi connectivity index (χ0v) is 8.91. The van der Waals surface area contributed by atoms with Crippen LogP contribution in [0, 0.1) is 6.92 Å². The minimum Gasteiger partial charge on any atom is -0.350 e. The van der Waals surface area contributed by atoms with E-state index >= 15 is 0 Å². The topological polar surface area (TPSA) is 42.0 Å². The van der Waals surface area contributed by atoms with Crippen molar-refractivity contribution < 1.29 is 4.79 Å². The number of halogens is 1. The first-order valence-corrected chi connectivity index (χ1v) is 5.37. The largest absolute Gasteiger partial charge is 0.350 e. The van der Waals surface area contributed by atoms with Crippen LogP contribution in [0.3, 0.4) is 0 Å². The lowest BCUT2D eigenvalue weighted by Gasteiger charge is -1.99. The average Bonchev–Trinajstić information content (AvgIpc) is 2.49. The summed E-state index contributed by atoms with van der Waals surface area (Å²) in [5.74, 6) is 0.339. The van der Waals surface area contributed by atoms with E-state index in [0.29, 0.717) is 18.8 Å². The maximum Gasteiger partial charge on any atom is 0.221 e. The molecule has 0 aliphatic rings. The fraction of sp³-hybridized carbons (Fsp3) is 0.500. The fourth-order valence-electron chi connectivity index (χ4n) is 0.832. The van der Waals surface area contributed by atoms with Crippen LogP contribution in [0.15, 0.2) is 5.38 Å². The number of thiazole rings is 1. The Kier molecular flexibility index (Phi) is 4.18. The highest BCUT2D eigenvalue weighted by Crippen LogP contribution is 2.07. The van der Waals surface area contributed by atoms with E-state index in [1.807, 2.05) is 12.3 Å². The molecule has 13 heavy (non-hydrogen) atoms. The van der Waals surface area contributed by atoms with Crippen molar-refractivity contribution in [3.8, 4) is 0 Å². The highest BCUT2D eigenvalue weighted by molar-refractivity contribution is 7.09. The first kappa shape index (κ1) is 10.5. The van der Waals surface area contributed by atoms with Crippen molar-refractivity contribution >= 4 is 28.8 Å². The summed E-state index contributed by atoms with van der Waals surface area (Å²) in [5.41, 5.74) is 0.992. The monoisotopic (exact) mass is 218 g/mol. The molecule has 0 radical (unpaired) electrons. The van der Waals surface area contributed by atoms with Crippen LogP contribution < -0.4 is 5.32 Å². The van der Waals surface area contributed by atoms with Gasteiger partial charge in [-0.25, -0.2) is 4.98 Å². The smallest absolute Gasteiger partial charge is 0.221 e. The molecule has 72 valence electrons. The zero-order valence-electron chi connectivity index (χ0n) is 7.34. The maximum absolute atomic E-state index is 11.0. The lowest BCUT2D eigenvalue weighted by Crippen LogP contribution is -2.22. The summed E-state index contributed by atoms with van der Waals surface area (Å²) in [6.07, 6.45) is 0.367. The minimum atomic E-state index is -0.0251. The Morgan fingerprint density at radius 2 is 2.54 bits per heavy atom. The normalized spacial score (nSPS) is 10.0. The number of carbonyl (C=O) groups is 1. The van der Waals surface area contributed by atoms with Gasteiger partial charge in [0.2, 0.25) is 5.91 Å². The Morgan fingerprint density at radius 3 is 3.08 bits per heavy atom. The van der Waals surface area contributed by atoms with Gasteiger partial charge in [0.15, 0.2) is 0 Å². The molecule has 1 rings (SSSR count). The predicted octanol–water partition coefficient (Wildman–Crippen LogP) is 1.70. The van der Waals surface area contributed by atoms with E-state index in [-0.39, 0.29) is 5.91 Å². The third kappa shape index (κ3) is 3.74. The summed E-state index contributed by atoms with van der Waals surface area (Å²) in [4.78, 5) is 15.2. The van der Waals surface area contributed by atoms with E-state index in [9.17, 15) is 4.79 Å². The van der Waals surface area contributed by atoms with E-state index in [1.165, 1.54) is 0 Å². The molecule has 5 heteroatoms. The summed E-state index contributed by atoms with van der Waals surface area (Å²) in [6, 6.07) is 0. The van der Waals surface area contributed by atoms with Crippen molar-refractivity contribution in [3.63, 3.8) is 0 Å². The minimum absolute atomic E-state index is 0.0251. The van der Waals surface area contributed by atoms with Gasteiger partial charge in [-0.1, -0.05) is 0 Å². The van der Waals surface area contributed by atoms with E-state index in [0.717, 1.165) is 10.7 Å². The number of alkyl halides is 1. The summed E-state index contributed by atoms with van der Waals surface area (Å²) >= 11 is 6.96. The Bertz CT molecular complexity index is 287. The van der Waals surface area contributed by atoms with Crippen molar-refractivity contribution in [1.82, 2.24) is 10.3 Å². The van der Waals surface area contributed by atoms with E-state index in [1.54, 1.807) is 11.3 Å². The molecular weight excluding hydrogens is 208 g/mol. The SMILES string of the molecule is Cc1csc(CNC(=O)CCCl)n1. The van der Waals surface area contributed by atoms with Gasteiger partial charge in [0.1, 0.15) is 5.01 Å². The van der Waals surface area contributed by atoms with Crippen LogP contribution >= 0.6 is 22.9 Å². The average molecular weight is 219 g/mol. The standard InChI is InChI=1S/C8H11ClN2OS/c1-6-5-13-8(11-6)4-10-7(12)2-3-9/h5H,2-4H2,1H3,(H,10,12). The van der Waals surface area contributed by atoms with Crippen molar-refractivity contribution in [3.05, 3.63) is 16.1 Å². The van der Waals surface area contributed by atoms with Crippen LogP contribution in [-0.4, -0.2) is 16.8 Å². The van der Waals surface area contributed by atoms with Gasteiger partial charge in [-0.2, -0.15) is 0 Å². The molecule has 0 aromatic carbocycles. The van der Waals surface area contributed by atoms with Crippen LogP contribution in [0.25, 0.3) is 0 Å². The molecule has 0 saturated heterocycles. The van der Waals surface area contributed by atoms with Crippen LogP contribution in [-0.2, 0) is 11.3 Å². The van der Waals surface area contributed by atoms with E-state index in [2.05, 4.69) is 10.3 Å². The molecule has 1 aromatic heterocycles. The fourth-order valence-corrected chi connectivity index (χ4v) is 1.72. The lowest BCUT2D eigenvalue weighted by atomic mass is 10.4. The molecule has 3 nitrogen and oxygen atoms in total. The molecule has 0 saturated carbocycles. The Hall–Kier alpha value is -0.610. The first-order chi connectivity index (χ1) is 6.22. The van der Waals surface area contributed by atoms with E-state index in [4.69, 9.17) is 11.6 Å². The van der Waals surface area contributed by atoms with Gasteiger partial charge in [-0.05, 0) is 6.92 Å². The van der Waals surface area contributed by atoms with Gasteiger partial charge < -0.3 is 5.32 Å². The molecular formula is C8H11ClN2OS. The molecule has 0 fully saturated rings. The van der Waals surface area contributed by atoms with Crippen molar-refractivity contribution in [1.29, 1.82) is 0 Å². The third-order valence-electron chi connectivity index (χ3n) is 1.42. The van der Waals surface area contributed by atoms with Crippen LogP contribution in [0.4, 0.5) is 0 Å². The molecule has 0 unspecified atom stereocenters. The third-order valence-corrected chi connectivity index (χ3v) is 2.58. The number of amides is 1. The molecule has 1 N–H and O–H groups in total. The Labute approximate surface area is 86.1 Å². The highest BCUT2D eigenvalue weighted by atomic mass is 35.5. The second-order valence-electron chi connectivity index (χ2n) is 2.60. The molecule has 0 aliphatic heterocycles. The molecule has 1 heterocycles. The van der Waals surface area contributed by atoms with Gasteiger partial charge in [0, 0.05) is 23.4 Å². The molecule has 1 aromatic rings. The molecule has 1 amide bonds. The number of aromatic nitrogens is 1. The van der Waals surface area contributed by atoms with Crippen LogP contribution in [0.5, 0.6) is 0 Å². The van der Waals surface area contributed by atoms with Gasteiger partial charge >= 0.3 is 0 Å². The molecule has 0 atom stereocenters. The Morgan fingerprint density at radius 1 is 1.77 bits per heavy atom. The molecule has 0 bridgehead atoms. The number of aryl methyl sites for hydroxylation is 1. The molecule has 0 aliphatic carbocycles. The number of nitrogens with one attached hydrogen (secondary N) is 1. The number of carbonyl (C=O) groups excluding carboxylic acids is 1. The maximum atomic E-state index is 11.0. The number of rotatable bonds is 4. The van der Waals surface area contributed by atoms with Crippen molar-refractivity contribution in [2.75, 3.05) is 5.88 Å². The summed E-state index contributed by atoms with van der Waals surface area (Å²) < 4.78 is 0. The second kappa shape index (κ2) is 5.19. The summed E-state index contributed by atoms with van der Waals surface area (Å²) in [5, 5.41) is 5.63. The zero-order chi connectivity index (χ0) is 9.68. The number of hydrogen-bond donors (Lipinski definition) is 1. The van der Waals surface area contributed by atoms with Gasteiger partial charge in [0.05, 0.1) is 6.54 Å². The van der Waals surface area contributed by atoms with Crippen molar-refractivity contribution in [2.24, 2.45) is 0 Å².